The summed E-state index contributed by atoms with van der Waals surface area (Å²) in [6, 6.07) is 2.36. The Morgan fingerprint density at radius 2 is 2.19 bits per heavy atom. The van der Waals surface area contributed by atoms with Crippen molar-refractivity contribution < 1.29 is 9.53 Å². The van der Waals surface area contributed by atoms with Gasteiger partial charge in [0.2, 0.25) is 0 Å². The number of carbonyl (C=O) groups is 1. The molecule has 1 aliphatic carbocycles. The van der Waals surface area contributed by atoms with Gasteiger partial charge in [-0.15, -0.1) is 12.4 Å². The topological polar surface area (TPSA) is 68.2 Å². The first-order valence-corrected chi connectivity index (χ1v) is 9.83. The van der Waals surface area contributed by atoms with Gasteiger partial charge in [0.25, 0.3) is 5.91 Å². The number of piperidine rings is 1. The van der Waals surface area contributed by atoms with E-state index in [0.29, 0.717) is 11.7 Å². The molecule has 0 radical (unpaired) electrons. The molecule has 2 fully saturated rings. The average Bonchev–Trinajstić information content (AvgIpc) is 3.13. The molecule has 2 N–H and O–H groups in total. The Balaban J connectivity index is 0.00000243. The average molecular weight is 385 g/mol. The van der Waals surface area contributed by atoms with Crippen molar-refractivity contribution in [3.63, 3.8) is 0 Å². The number of hydrogen-bond acceptors (Lipinski definition) is 4. The molecular formula is C19H33ClN4O2. The molecule has 1 amide bonds. The number of nitrogens with one attached hydrogen (secondary N) is 2. The molecule has 0 bridgehead atoms. The molecule has 2 aliphatic rings. The van der Waals surface area contributed by atoms with Gasteiger partial charge in [0.15, 0.2) is 0 Å². The van der Waals surface area contributed by atoms with Crippen molar-refractivity contribution >= 4 is 18.3 Å². The van der Waals surface area contributed by atoms with Gasteiger partial charge in [0, 0.05) is 30.8 Å². The second kappa shape index (κ2) is 9.20. The molecule has 148 valence electrons. The summed E-state index contributed by atoms with van der Waals surface area (Å²) in [5.41, 5.74) is 0.577. The van der Waals surface area contributed by atoms with Crippen LogP contribution >= 0.6 is 12.4 Å². The molecule has 2 heterocycles. The summed E-state index contributed by atoms with van der Waals surface area (Å²) < 4.78 is 7.84. The van der Waals surface area contributed by atoms with Gasteiger partial charge in [0.1, 0.15) is 5.69 Å². The standard InChI is InChI=1S/C19H32N4O2.ClH/c1-4-19(5-2)16(12-17(19)25-6-3)21-18(24)15-9-11-23(22-15)14-8-7-10-20-13-14;/h9,11,14,16-17,20H,4-8,10,12-13H2,1-3H3,(H,21,24);1H. The Labute approximate surface area is 162 Å². The zero-order valence-corrected chi connectivity index (χ0v) is 17.0. The molecule has 6 nitrogen and oxygen atoms in total. The van der Waals surface area contributed by atoms with Crippen molar-refractivity contribution in [2.45, 2.75) is 71.1 Å². The monoisotopic (exact) mass is 384 g/mol. The minimum atomic E-state index is -0.0613. The van der Waals surface area contributed by atoms with Crippen molar-refractivity contribution in [1.82, 2.24) is 20.4 Å². The number of rotatable bonds is 7. The SMILES string of the molecule is CCOC1CC(NC(=O)c2ccn(C3CCCNC3)n2)C1(CC)CC.Cl. The van der Waals surface area contributed by atoms with Crippen molar-refractivity contribution in [2.75, 3.05) is 19.7 Å². The molecule has 1 saturated heterocycles. The normalized spacial score (nSPS) is 27.3. The fourth-order valence-electron chi connectivity index (χ4n) is 4.54. The molecule has 3 rings (SSSR count). The number of halogens is 1. The summed E-state index contributed by atoms with van der Waals surface area (Å²) in [7, 11) is 0. The van der Waals surface area contributed by atoms with E-state index in [1.165, 1.54) is 0 Å². The van der Waals surface area contributed by atoms with Crippen LogP contribution < -0.4 is 10.6 Å². The first-order chi connectivity index (χ1) is 12.1. The number of amides is 1. The van der Waals surface area contributed by atoms with Gasteiger partial charge >= 0.3 is 0 Å². The molecule has 26 heavy (non-hydrogen) atoms. The second-order valence-corrected chi connectivity index (χ2v) is 7.33. The van der Waals surface area contributed by atoms with Crippen molar-refractivity contribution in [2.24, 2.45) is 5.41 Å². The van der Waals surface area contributed by atoms with E-state index in [0.717, 1.165) is 51.8 Å². The van der Waals surface area contributed by atoms with E-state index < -0.39 is 0 Å². The Morgan fingerprint density at radius 3 is 2.81 bits per heavy atom. The summed E-state index contributed by atoms with van der Waals surface area (Å²) in [6.07, 6.45) is 7.38. The summed E-state index contributed by atoms with van der Waals surface area (Å²) in [6.45, 7) is 9.15. The van der Waals surface area contributed by atoms with Gasteiger partial charge in [-0.25, -0.2) is 0 Å². The van der Waals surface area contributed by atoms with Gasteiger partial charge in [-0.1, -0.05) is 13.8 Å². The lowest BCUT2D eigenvalue weighted by Gasteiger charge is -2.55. The Hall–Kier alpha value is -1.11. The summed E-state index contributed by atoms with van der Waals surface area (Å²) in [5.74, 6) is -0.0613. The lowest BCUT2D eigenvalue weighted by atomic mass is 9.58. The molecule has 3 unspecified atom stereocenters. The van der Waals surface area contributed by atoms with E-state index in [-0.39, 0.29) is 35.9 Å². The lowest BCUT2D eigenvalue weighted by Crippen LogP contribution is -2.64. The van der Waals surface area contributed by atoms with Crippen LogP contribution in [0.4, 0.5) is 0 Å². The smallest absolute Gasteiger partial charge is 0.272 e. The van der Waals surface area contributed by atoms with Gasteiger partial charge in [0.05, 0.1) is 12.1 Å². The first-order valence-electron chi connectivity index (χ1n) is 9.83. The predicted molar refractivity (Wildman–Crippen MR) is 105 cm³/mol. The van der Waals surface area contributed by atoms with Crippen LogP contribution in [0.25, 0.3) is 0 Å². The fraction of sp³-hybridized carbons (Fsp3) is 0.789. The van der Waals surface area contributed by atoms with E-state index >= 15 is 0 Å². The number of ether oxygens (including phenoxy) is 1. The molecule has 7 heteroatoms. The van der Waals surface area contributed by atoms with E-state index in [1.807, 2.05) is 23.9 Å². The highest BCUT2D eigenvalue weighted by atomic mass is 35.5. The number of aromatic nitrogens is 2. The lowest BCUT2D eigenvalue weighted by molar-refractivity contribution is -0.134. The Bertz CT molecular complexity index is 582. The number of carbonyl (C=O) groups excluding carboxylic acids is 1. The number of hydrogen-bond donors (Lipinski definition) is 2. The number of nitrogens with zero attached hydrogens (tertiary/aromatic N) is 2. The highest BCUT2D eigenvalue weighted by molar-refractivity contribution is 5.92. The zero-order chi connectivity index (χ0) is 17.9. The van der Waals surface area contributed by atoms with E-state index in [1.54, 1.807) is 0 Å². The third-order valence-corrected chi connectivity index (χ3v) is 6.26. The molecule has 0 spiro atoms. The maximum atomic E-state index is 12.7. The third-order valence-electron chi connectivity index (χ3n) is 6.26. The van der Waals surface area contributed by atoms with Crippen LogP contribution in [0.3, 0.4) is 0 Å². The highest BCUT2D eigenvalue weighted by Crippen LogP contribution is 2.48. The second-order valence-electron chi connectivity index (χ2n) is 7.33. The van der Waals surface area contributed by atoms with Crippen LogP contribution in [-0.2, 0) is 4.74 Å². The fourth-order valence-corrected chi connectivity index (χ4v) is 4.54. The van der Waals surface area contributed by atoms with E-state index in [4.69, 9.17) is 4.74 Å². The largest absolute Gasteiger partial charge is 0.378 e. The molecule has 1 aromatic rings. The highest BCUT2D eigenvalue weighted by Gasteiger charge is 2.53. The third kappa shape index (κ3) is 3.92. The summed E-state index contributed by atoms with van der Waals surface area (Å²) in [4.78, 5) is 12.7. The Kier molecular flexibility index (Phi) is 7.50. The predicted octanol–water partition coefficient (Wildman–Crippen LogP) is 2.94. The van der Waals surface area contributed by atoms with Crippen LogP contribution in [0, 0.1) is 5.41 Å². The van der Waals surface area contributed by atoms with Crippen LogP contribution in [0.1, 0.15) is 69.4 Å². The minimum absolute atomic E-state index is 0. The van der Waals surface area contributed by atoms with E-state index in [9.17, 15) is 4.79 Å². The van der Waals surface area contributed by atoms with Crippen LogP contribution in [-0.4, -0.2) is 47.5 Å². The zero-order valence-electron chi connectivity index (χ0n) is 16.2. The summed E-state index contributed by atoms with van der Waals surface area (Å²) in [5, 5.41) is 11.1. The van der Waals surface area contributed by atoms with Crippen LogP contribution in [0.2, 0.25) is 0 Å². The van der Waals surface area contributed by atoms with E-state index in [2.05, 4.69) is 29.6 Å². The Morgan fingerprint density at radius 1 is 1.42 bits per heavy atom. The van der Waals surface area contributed by atoms with Gasteiger partial charge in [-0.05, 0) is 51.6 Å². The van der Waals surface area contributed by atoms with Gasteiger partial charge in [-0.3, -0.25) is 9.48 Å². The van der Waals surface area contributed by atoms with Gasteiger partial charge < -0.3 is 15.4 Å². The van der Waals surface area contributed by atoms with Crippen molar-refractivity contribution in [3.05, 3.63) is 18.0 Å². The van der Waals surface area contributed by atoms with Gasteiger partial charge in [-0.2, -0.15) is 5.10 Å². The minimum Gasteiger partial charge on any atom is -0.378 e. The molecule has 0 aromatic carbocycles. The van der Waals surface area contributed by atoms with Crippen LogP contribution in [0.15, 0.2) is 12.3 Å². The van der Waals surface area contributed by atoms with Crippen LogP contribution in [0.5, 0.6) is 0 Å². The first kappa shape index (κ1) is 21.2. The molecule has 3 atom stereocenters. The maximum absolute atomic E-state index is 12.7. The molecule has 1 aliphatic heterocycles. The maximum Gasteiger partial charge on any atom is 0.272 e. The molecule has 1 saturated carbocycles. The molecule has 1 aromatic heterocycles. The molecular weight excluding hydrogens is 352 g/mol. The van der Waals surface area contributed by atoms with Crippen molar-refractivity contribution in [1.29, 1.82) is 0 Å². The summed E-state index contributed by atoms with van der Waals surface area (Å²) >= 11 is 0. The van der Waals surface area contributed by atoms with Crippen molar-refractivity contribution in [3.8, 4) is 0 Å². The quantitative estimate of drug-likeness (QED) is 0.758.